The van der Waals surface area contributed by atoms with E-state index in [9.17, 15) is 4.79 Å². The summed E-state index contributed by atoms with van der Waals surface area (Å²) in [5, 5.41) is 6.42. The SMILES string of the molecule is CCOc1ccc(C2CC(c3ccc(OC)cc3OC)=NN2C(=O)CN2CCOCC2)cc1. The number of hydrazone groups is 1. The number of nitrogens with zero attached hydrogens (tertiary/aromatic N) is 3. The molecule has 8 nitrogen and oxygen atoms in total. The Hall–Kier alpha value is -3.10. The van der Waals surface area contributed by atoms with Gasteiger partial charge in [0.05, 0.1) is 52.3 Å². The Morgan fingerprint density at radius 1 is 1.06 bits per heavy atom. The lowest BCUT2D eigenvalue weighted by molar-refractivity contribution is -0.135. The first-order valence-corrected chi connectivity index (χ1v) is 11.3. The van der Waals surface area contributed by atoms with Crippen molar-refractivity contribution in [3.63, 3.8) is 0 Å². The van der Waals surface area contributed by atoms with E-state index >= 15 is 0 Å². The van der Waals surface area contributed by atoms with Crippen LogP contribution in [0.5, 0.6) is 17.2 Å². The zero-order valence-electron chi connectivity index (χ0n) is 19.5. The number of hydrogen-bond acceptors (Lipinski definition) is 7. The monoisotopic (exact) mass is 453 g/mol. The molecule has 2 aliphatic heterocycles. The third-order valence-corrected chi connectivity index (χ3v) is 5.92. The van der Waals surface area contributed by atoms with Crippen LogP contribution < -0.4 is 14.2 Å². The number of amides is 1. The van der Waals surface area contributed by atoms with Crippen LogP contribution in [0.4, 0.5) is 0 Å². The van der Waals surface area contributed by atoms with Crippen LogP contribution in [0.15, 0.2) is 47.6 Å². The maximum Gasteiger partial charge on any atom is 0.257 e. The second-order valence-corrected chi connectivity index (χ2v) is 7.96. The molecule has 1 atom stereocenters. The molecule has 2 aromatic carbocycles. The second-order valence-electron chi connectivity index (χ2n) is 7.96. The van der Waals surface area contributed by atoms with Crippen LogP contribution >= 0.6 is 0 Å². The minimum absolute atomic E-state index is 0.0294. The number of hydrogen-bond donors (Lipinski definition) is 0. The molecule has 33 heavy (non-hydrogen) atoms. The molecule has 0 saturated carbocycles. The molecule has 2 aromatic rings. The zero-order chi connectivity index (χ0) is 23.2. The highest BCUT2D eigenvalue weighted by atomic mass is 16.5. The number of methoxy groups -OCH3 is 2. The Kier molecular flexibility index (Phi) is 7.47. The summed E-state index contributed by atoms with van der Waals surface area (Å²) in [4.78, 5) is 15.5. The normalized spacial score (nSPS) is 18.7. The van der Waals surface area contributed by atoms with Gasteiger partial charge in [-0.15, -0.1) is 0 Å². The lowest BCUT2D eigenvalue weighted by atomic mass is 9.97. The largest absolute Gasteiger partial charge is 0.497 e. The predicted molar refractivity (Wildman–Crippen MR) is 125 cm³/mol. The quantitative estimate of drug-likeness (QED) is 0.612. The summed E-state index contributed by atoms with van der Waals surface area (Å²) in [6.07, 6.45) is 0.589. The van der Waals surface area contributed by atoms with Crippen molar-refractivity contribution in [1.82, 2.24) is 9.91 Å². The molecule has 176 valence electrons. The number of rotatable bonds is 8. The van der Waals surface area contributed by atoms with E-state index in [2.05, 4.69) is 4.90 Å². The van der Waals surface area contributed by atoms with Crippen LogP contribution in [-0.4, -0.2) is 75.2 Å². The molecule has 1 unspecified atom stereocenters. The van der Waals surface area contributed by atoms with Crippen molar-refractivity contribution in [3.05, 3.63) is 53.6 Å². The summed E-state index contributed by atoms with van der Waals surface area (Å²) in [6, 6.07) is 13.3. The van der Waals surface area contributed by atoms with Crippen LogP contribution in [0.1, 0.15) is 30.5 Å². The van der Waals surface area contributed by atoms with Gasteiger partial charge in [-0.05, 0) is 36.8 Å². The van der Waals surface area contributed by atoms with Crippen LogP contribution in [0, 0.1) is 0 Å². The van der Waals surface area contributed by atoms with Gasteiger partial charge in [-0.25, -0.2) is 5.01 Å². The van der Waals surface area contributed by atoms with Crippen LogP contribution in [-0.2, 0) is 9.53 Å². The van der Waals surface area contributed by atoms with Gasteiger partial charge >= 0.3 is 0 Å². The molecule has 4 rings (SSSR count). The summed E-state index contributed by atoms with van der Waals surface area (Å²) < 4.78 is 21.9. The van der Waals surface area contributed by atoms with Crippen molar-refractivity contribution in [2.45, 2.75) is 19.4 Å². The van der Waals surface area contributed by atoms with E-state index in [-0.39, 0.29) is 11.9 Å². The van der Waals surface area contributed by atoms with Gasteiger partial charge in [-0.1, -0.05) is 12.1 Å². The van der Waals surface area contributed by atoms with Gasteiger partial charge in [0, 0.05) is 31.1 Å². The summed E-state index contributed by atoms with van der Waals surface area (Å²) >= 11 is 0. The van der Waals surface area contributed by atoms with E-state index in [0.29, 0.717) is 44.3 Å². The van der Waals surface area contributed by atoms with Crippen molar-refractivity contribution in [2.75, 3.05) is 53.7 Å². The Morgan fingerprint density at radius 2 is 1.79 bits per heavy atom. The fourth-order valence-corrected chi connectivity index (χ4v) is 4.18. The third kappa shape index (κ3) is 5.29. The maximum atomic E-state index is 13.4. The summed E-state index contributed by atoms with van der Waals surface area (Å²) in [6.45, 7) is 5.66. The lowest BCUT2D eigenvalue weighted by Gasteiger charge is -2.29. The molecule has 0 aromatic heterocycles. The number of carbonyl (C=O) groups is 1. The van der Waals surface area contributed by atoms with Crippen LogP contribution in [0.25, 0.3) is 0 Å². The maximum absolute atomic E-state index is 13.4. The minimum atomic E-state index is -0.198. The number of benzene rings is 2. The fourth-order valence-electron chi connectivity index (χ4n) is 4.18. The standard InChI is InChI=1S/C25H31N3O5/c1-4-33-19-7-5-18(6-8-19)23-16-22(21-10-9-20(30-2)15-24(21)31-3)26-28(23)25(29)17-27-11-13-32-14-12-27/h5-10,15,23H,4,11-14,16-17H2,1-3H3. The van der Waals surface area contributed by atoms with E-state index in [1.165, 1.54) is 0 Å². The first-order chi connectivity index (χ1) is 16.1. The van der Waals surface area contributed by atoms with Crippen molar-refractivity contribution in [1.29, 1.82) is 0 Å². The highest BCUT2D eigenvalue weighted by molar-refractivity contribution is 6.05. The van der Waals surface area contributed by atoms with Gasteiger partial charge in [-0.3, -0.25) is 9.69 Å². The summed E-state index contributed by atoms with van der Waals surface area (Å²) in [5.41, 5.74) is 2.68. The molecular formula is C25H31N3O5. The topological polar surface area (TPSA) is 72.8 Å². The number of carbonyl (C=O) groups excluding carboxylic acids is 1. The molecule has 0 aliphatic carbocycles. The Morgan fingerprint density at radius 3 is 2.45 bits per heavy atom. The lowest BCUT2D eigenvalue weighted by Crippen LogP contribution is -2.43. The fraction of sp³-hybridized carbons (Fsp3) is 0.440. The predicted octanol–water partition coefficient (Wildman–Crippen LogP) is 3.11. The van der Waals surface area contributed by atoms with Gasteiger partial charge in [0.1, 0.15) is 17.2 Å². The molecule has 0 bridgehead atoms. The molecule has 0 N–H and O–H groups in total. The van der Waals surface area contributed by atoms with E-state index < -0.39 is 0 Å². The molecule has 1 fully saturated rings. The molecule has 8 heteroatoms. The van der Waals surface area contributed by atoms with E-state index in [4.69, 9.17) is 24.0 Å². The molecule has 2 heterocycles. The van der Waals surface area contributed by atoms with Crippen LogP contribution in [0.2, 0.25) is 0 Å². The smallest absolute Gasteiger partial charge is 0.257 e. The van der Waals surface area contributed by atoms with Crippen molar-refractivity contribution >= 4 is 11.6 Å². The van der Waals surface area contributed by atoms with Gasteiger partial charge in [0.2, 0.25) is 0 Å². The van der Waals surface area contributed by atoms with Crippen molar-refractivity contribution < 1.29 is 23.7 Å². The van der Waals surface area contributed by atoms with Gasteiger partial charge in [0.25, 0.3) is 5.91 Å². The van der Waals surface area contributed by atoms with Crippen molar-refractivity contribution in [3.8, 4) is 17.2 Å². The Balaban J connectivity index is 1.63. The summed E-state index contributed by atoms with van der Waals surface area (Å²) in [5.74, 6) is 2.15. The Labute approximate surface area is 194 Å². The van der Waals surface area contributed by atoms with Gasteiger partial charge < -0.3 is 18.9 Å². The number of ether oxygens (including phenoxy) is 4. The number of morpholine rings is 1. The molecular weight excluding hydrogens is 422 g/mol. The molecule has 0 spiro atoms. The molecule has 1 amide bonds. The molecule has 2 aliphatic rings. The Bertz CT molecular complexity index is 986. The first kappa shape index (κ1) is 23.1. The summed E-state index contributed by atoms with van der Waals surface area (Å²) in [7, 11) is 3.24. The van der Waals surface area contributed by atoms with Gasteiger partial charge in [-0.2, -0.15) is 5.10 Å². The van der Waals surface area contributed by atoms with E-state index in [1.807, 2.05) is 49.4 Å². The van der Waals surface area contributed by atoms with Crippen molar-refractivity contribution in [2.24, 2.45) is 5.10 Å². The van der Waals surface area contributed by atoms with E-state index in [0.717, 1.165) is 35.7 Å². The first-order valence-electron chi connectivity index (χ1n) is 11.3. The van der Waals surface area contributed by atoms with Crippen LogP contribution in [0.3, 0.4) is 0 Å². The highest BCUT2D eigenvalue weighted by Gasteiger charge is 2.35. The zero-order valence-corrected chi connectivity index (χ0v) is 19.5. The third-order valence-electron chi connectivity index (χ3n) is 5.92. The average molecular weight is 454 g/mol. The van der Waals surface area contributed by atoms with E-state index in [1.54, 1.807) is 19.2 Å². The average Bonchev–Trinajstić information content (AvgIpc) is 3.30. The minimum Gasteiger partial charge on any atom is -0.497 e. The highest BCUT2D eigenvalue weighted by Crippen LogP contribution is 2.36. The second kappa shape index (κ2) is 10.7. The molecule has 0 radical (unpaired) electrons. The van der Waals surface area contributed by atoms with Gasteiger partial charge in [0.15, 0.2) is 0 Å². The molecule has 1 saturated heterocycles.